The monoisotopic (exact) mass is 323 g/mol. The Kier molecular flexibility index (Phi) is 5.42. The van der Waals surface area contributed by atoms with Gasteiger partial charge in [-0.3, -0.25) is 9.59 Å². The van der Waals surface area contributed by atoms with Crippen LogP contribution < -0.4 is 16.0 Å². The summed E-state index contributed by atoms with van der Waals surface area (Å²) in [6, 6.07) is 6.08. The van der Waals surface area contributed by atoms with Gasteiger partial charge in [0.25, 0.3) is 0 Å². The number of para-hydroxylation sites is 1. The van der Waals surface area contributed by atoms with Crippen molar-refractivity contribution in [3.8, 4) is 0 Å². The van der Waals surface area contributed by atoms with Crippen LogP contribution in [0.2, 0.25) is 5.02 Å². The zero-order valence-corrected chi connectivity index (χ0v) is 13.6. The van der Waals surface area contributed by atoms with Crippen LogP contribution >= 0.6 is 11.6 Å². The number of amides is 2. The van der Waals surface area contributed by atoms with Gasteiger partial charge in [-0.1, -0.05) is 44.0 Å². The molecule has 0 aromatic heterocycles. The van der Waals surface area contributed by atoms with Gasteiger partial charge in [0.1, 0.15) is 6.04 Å². The van der Waals surface area contributed by atoms with Crippen molar-refractivity contribution in [1.82, 2.24) is 5.32 Å². The molecule has 2 rings (SSSR count). The maximum absolute atomic E-state index is 12.5. The number of carbonyl (C=O) groups excluding carboxylic acids is 2. The number of nitrogens with two attached hydrogens (primary N) is 1. The summed E-state index contributed by atoms with van der Waals surface area (Å²) in [4.78, 5) is 26.2. The molecule has 3 unspecified atom stereocenters. The fourth-order valence-electron chi connectivity index (χ4n) is 2.50. The number of hydrogen-bond acceptors (Lipinski definition) is 3. The molecule has 0 radical (unpaired) electrons. The Morgan fingerprint density at radius 2 is 2.18 bits per heavy atom. The summed E-state index contributed by atoms with van der Waals surface area (Å²) >= 11 is 6.13. The normalized spacial score (nSPS) is 20.8. The number of hydrogen-bond donors (Lipinski definition) is 2. The number of anilines is 1. The Hall–Kier alpha value is -1.59. The largest absolute Gasteiger partial charge is 0.343 e. The first-order valence-corrected chi connectivity index (χ1v) is 7.95. The molecule has 6 heteroatoms. The van der Waals surface area contributed by atoms with Crippen molar-refractivity contribution in [2.45, 2.75) is 38.8 Å². The second-order valence-electron chi connectivity index (χ2n) is 5.70. The van der Waals surface area contributed by atoms with Crippen molar-refractivity contribution >= 4 is 29.1 Å². The van der Waals surface area contributed by atoms with Gasteiger partial charge in [0.05, 0.1) is 16.8 Å². The minimum absolute atomic E-state index is 0.0798. The van der Waals surface area contributed by atoms with Crippen molar-refractivity contribution in [2.24, 2.45) is 11.7 Å². The summed E-state index contributed by atoms with van der Waals surface area (Å²) in [5.41, 5.74) is 6.58. The van der Waals surface area contributed by atoms with Gasteiger partial charge < -0.3 is 16.0 Å². The first-order chi connectivity index (χ1) is 10.5. The second-order valence-corrected chi connectivity index (χ2v) is 6.11. The smallest absolute Gasteiger partial charge is 0.249 e. The van der Waals surface area contributed by atoms with E-state index < -0.39 is 12.1 Å². The maximum atomic E-state index is 12.5. The highest BCUT2D eigenvalue weighted by molar-refractivity contribution is 6.34. The summed E-state index contributed by atoms with van der Waals surface area (Å²) in [6.45, 7) is 4.44. The van der Waals surface area contributed by atoms with Gasteiger partial charge in [-0.05, 0) is 24.5 Å². The lowest BCUT2D eigenvalue weighted by Crippen LogP contribution is -2.50. The molecule has 2 amide bonds. The van der Waals surface area contributed by atoms with Gasteiger partial charge in [-0.2, -0.15) is 0 Å². The van der Waals surface area contributed by atoms with Crippen LogP contribution in [-0.2, 0) is 9.59 Å². The number of nitrogens with one attached hydrogen (secondary N) is 1. The molecular weight excluding hydrogens is 302 g/mol. The number of carbonyl (C=O) groups is 2. The van der Waals surface area contributed by atoms with E-state index in [1.54, 1.807) is 17.0 Å². The molecule has 1 aliphatic rings. The van der Waals surface area contributed by atoms with Crippen molar-refractivity contribution in [1.29, 1.82) is 0 Å². The van der Waals surface area contributed by atoms with E-state index in [1.807, 2.05) is 26.0 Å². The zero-order chi connectivity index (χ0) is 16.3. The van der Waals surface area contributed by atoms with Crippen LogP contribution in [0, 0.1) is 5.92 Å². The van der Waals surface area contributed by atoms with Crippen molar-refractivity contribution in [3.05, 3.63) is 29.3 Å². The summed E-state index contributed by atoms with van der Waals surface area (Å²) in [5, 5.41) is 3.29. The number of benzene rings is 1. The predicted octanol–water partition coefficient (Wildman–Crippen LogP) is 1.93. The Bertz CT molecular complexity index is 564. The van der Waals surface area contributed by atoms with Gasteiger partial charge in [-0.25, -0.2) is 0 Å². The minimum atomic E-state index is -0.591. The first-order valence-electron chi connectivity index (χ1n) is 7.57. The molecule has 22 heavy (non-hydrogen) atoms. The predicted molar refractivity (Wildman–Crippen MR) is 87.8 cm³/mol. The first kappa shape index (κ1) is 16.8. The van der Waals surface area contributed by atoms with E-state index in [4.69, 9.17) is 17.3 Å². The van der Waals surface area contributed by atoms with Gasteiger partial charge in [0.2, 0.25) is 11.8 Å². The minimum Gasteiger partial charge on any atom is -0.343 e. The fourth-order valence-corrected chi connectivity index (χ4v) is 2.74. The van der Waals surface area contributed by atoms with E-state index in [2.05, 4.69) is 5.32 Å². The molecule has 1 aromatic carbocycles. The molecule has 0 saturated carbocycles. The molecule has 0 bridgehead atoms. The van der Waals surface area contributed by atoms with Crippen molar-refractivity contribution in [2.75, 3.05) is 11.4 Å². The molecule has 0 spiro atoms. The molecule has 120 valence electrons. The molecule has 1 aromatic rings. The average Bonchev–Trinajstić information content (AvgIpc) is 2.87. The van der Waals surface area contributed by atoms with Crippen molar-refractivity contribution in [3.63, 3.8) is 0 Å². The lowest BCUT2D eigenvalue weighted by molar-refractivity contribution is -0.128. The van der Waals surface area contributed by atoms with Crippen molar-refractivity contribution < 1.29 is 9.59 Å². The Morgan fingerprint density at radius 3 is 2.82 bits per heavy atom. The molecular formula is C16H22ClN3O2. The molecule has 1 fully saturated rings. The molecule has 0 aliphatic carbocycles. The van der Waals surface area contributed by atoms with Crippen LogP contribution in [0.15, 0.2) is 24.3 Å². The van der Waals surface area contributed by atoms with Crippen LogP contribution in [-0.4, -0.2) is 30.4 Å². The third kappa shape index (κ3) is 3.42. The average molecular weight is 324 g/mol. The van der Waals surface area contributed by atoms with E-state index >= 15 is 0 Å². The van der Waals surface area contributed by atoms with E-state index in [9.17, 15) is 9.59 Å². The number of nitrogens with zero attached hydrogens (tertiary/aromatic N) is 1. The third-order valence-electron chi connectivity index (χ3n) is 4.22. The maximum Gasteiger partial charge on any atom is 0.249 e. The van der Waals surface area contributed by atoms with E-state index in [-0.39, 0.29) is 17.7 Å². The van der Waals surface area contributed by atoms with Crippen LogP contribution in [0.1, 0.15) is 26.7 Å². The summed E-state index contributed by atoms with van der Waals surface area (Å²) in [5.74, 6) is -0.331. The van der Waals surface area contributed by atoms with Crippen LogP contribution in [0.4, 0.5) is 5.69 Å². The number of rotatable bonds is 5. The SMILES string of the molecule is CCC(C)C(N)C(=O)NC1CCN(c2ccccc2Cl)C1=O. The van der Waals surface area contributed by atoms with E-state index in [1.165, 1.54) is 0 Å². The standard InChI is InChI=1S/C16H22ClN3O2/c1-3-10(2)14(18)15(21)19-12-8-9-20(16(12)22)13-7-5-4-6-11(13)17/h4-7,10,12,14H,3,8-9,18H2,1-2H3,(H,19,21). The highest BCUT2D eigenvalue weighted by atomic mass is 35.5. The second kappa shape index (κ2) is 7.11. The zero-order valence-electron chi connectivity index (χ0n) is 12.9. The Balaban J connectivity index is 2.03. The summed E-state index contributed by atoms with van der Waals surface area (Å²) in [6.07, 6.45) is 1.38. The molecule has 5 nitrogen and oxygen atoms in total. The van der Waals surface area contributed by atoms with Gasteiger partial charge in [0, 0.05) is 6.54 Å². The van der Waals surface area contributed by atoms with Crippen LogP contribution in [0.5, 0.6) is 0 Å². The third-order valence-corrected chi connectivity index (χ3v) is 4.54. The molecule has 3 atom stereocenters. The lowest BCUT2D eigenvalue weighted by Gasteiger charge is -2.21. The molecule has 1 heterocycles. The summed E-state index contributed by atoms with van der Waals surface area (Å²) < 4.78 is 0. The molecule has 3 N–H and O–H groups in total. The number of halogens is 1. The van der Waals surface area contributed by atoms with Gasteiger partial charge in [0.15, 0.2) is 0 Å². The Labute approximate surface area is 135 Å². The fraction of sp³-hybridized carbons (Fsp3) is 0.500. The Morgan fingerprint density at radius 1 is 1.50 bits per heavy atom. The topological polar surface area (TPSA) is 75.4 Å². The quantitative estimate of drug-likeness (QED) is 0.869. The highest BCUT2D eigenvalue weighted by Crippen LogP contribution is 2.29. The molecule has 1 aliphatic heterocycles. The van der Waals surface area contributed by atoms with E-state index in [0.29, 0.717) is 23.7 Å². The summed E-state index contributed by atoms with van der Waals surface area (Å²) in [7, 11) is 0. The highest BCUT2D eigenvalue weighted by Gasteiger charge is 2.35. The van der Waals surface area contributed by atoms with Gasteiger partial charge >= 0.3 is 0 Å². The molecule has 1 saturated heterocycles. The van der Waals surface area contributed by atoms with Gasteiger partial charge in [-0.15, -0.1) is 0 Å². The van der Waals surface area contributed by atoms with Crippen LogP contribution in [0.3, 0.4) is 0 Å². The lowest BCUT2D eigenvalue weighted by atomic mass is 9.99. The van der Waals surface area contributed by atoms with E-state index in [0.717, 1.165) is 6.42 Å². The van der Waals surface area contributed by atoms with Crippen LogP contribution in [0.25, 0.3) is 0 Å².